The van der Waals surface area contributed by atoms with Gasteiger partial charge in [0, 0.05) is 24.2 Å². The molecule has 1 fully saturated rings. The van der Waals surface area contributed by atoms with Gasteiger partial charge in [0.15, 0.2) is 0 Å². The first-order chi connectivity index (χ1) is 8.65. The molecule has 2 rings (SSSR count). The van der Waals surface area contributed by atoms with E-state index in [2.05, 4.69) is 17.6 Å². The second-order valence-corrected chi connectivity index (χ2v) is 5.28. The average Bonchev–Trinajstić information content (AvgIpc) is 2.36. The lowest BCUT2D eigenvalue weighted by Crippen LogP contribution is -2.47. The molecule has 0 spiro atoms. The van der Waals surface area contributed by atoms with E-state index in [1.807, 2.05) is 31.2 Å². The summed E-state index contributed by atoms with van der Waals surface area (Å²) in [6.45, 7) is 4.92. The van der Waals surface area contributed by atoms with Crippen LogP contribution in [-0.4, -0.2) is 24.5 Å². The van der Waals surface area contributed by atoms with Crippen molar-refractivity contribution in [3.05, 3.63) is 35.4 Å². The molecule has 1 aliphatic heterocycles. The van der Waals surface area contributed by atoms with Gasteiger partial charge in [0.05, 0.1) is 0 Å². The third-order valence-corrected chi connectivity index (χ3v) is 3.50. The number of piperidine rings is 1. The minimum atomic E-state index is 0.0266. The van der Waals surface area contributed by atoms with Crippen LogP contribution >= 0.6 is 0 Å². The minimum absolute atomic E-state index is 0.0266. The molecule has 0 saturated carbocycles. The first-order valence-electron chi connectivity index (χ1n) is 6.76. The molecule has 1 aromatic rings. The Morgan fingerprint density at radius 1 is 1.44 bits per heavy atom. The fraction of sp³-hybridized carbons (Fsp3) is 0.533. The predicted molar refractivity (Wildman–Crippen MR) is 73.7 cm³/mol. The summed E-state index contributed by atoms with van der Waals surface area (Å²) in [6, 6.07) is 8.69. The number of carbonyl (C=O) groups is 1. The van der Waals surface area contributed by atoms with Crippen molar-refractivity contribution in [2.75, 3.05) is 6.54 Å². The summed E-state index contributed by atoms with van der Waals surface area (Å²) in [6.07, 6.45) is 3.64. The lowest BCUT2D eigenvalue weighted by atomic mass is 9.99. The molecule has 0 aliphatic carbocycles. The SMILES string of the molecule is Cc1cccc(C(=O)NCC2CCCC(C)N2)c1. The maximum absolute atomic E-state index is 12.0. The molecule has 2 atom stereocenters. The van der Waals surface area contributed by atoms with Crippen molar-refractivity contribution in [2.24, 2.45) is 0 Å². The average molecular weight is 246 g/mol. The number of aryl methyl sites for hydroxylation is 1. The Morgan fingerprint density at radius 3 is 3.00 bits per heavy atom. The maximum atomic E-state index is 12.0. The largest absolute Gasteiger partial charge is 0.350 e. The Labute approximate surface area is 109 Å². The number of rotatable bonds is 3. The molecule has 1 aliphatic rings. The molecule has 0 aromatic heterocycles. The molecule has 3 nitrogen and oxygen atoms in total. The van der Waals surface area contributed by atoms with Crippen LogP contribution in [0.1, 0.15) is 42.1 Å². The minimum Gasteiger partial charge on any atom is -0.350 e. The van der Waals surface area contributed by atoms with Crippen molar-refractivity contribution < 1.29 is 4.79 Å². The van der Waals surface area contributed by atoms with Crippen LogP contribution in [-0.2, 0) is 0 Å². The zero-order valence-corrected chi connectivity index (χ0v) is 11.2. The van der Waals surface area contributed by atoms with E-state index in [9.17, 15) is 4.79 Å². The molecule has 0 bridgehead atoms. The molecule has 1 saturated heterocycles. The van der Waals surface area contributed by atoms with Gasteiger partial charge in [0.1, 0.15) is 0 Å². The van der Waals surface area contributed by atoms with Gasteiger partial charge in [-0.2, -0.15) is 0 Å². The third kappa shape index (κ3) is 3.57. The van der Waals surface area contributed by atoms with E-state index in [-0.39, 0.29) is 5.91 Å². The van der Waals surface area contributed by atoms with Gasteiger partial charge in [-0.3, -0.25) is 4.79 Å². The van der Waals surface area contributed by atoms with Gasteiger partial charge < -0.3 is 10.6 Å². The highest BCUT2D eigenvalue weighted by Crippen LogP contribution is 2.11. The molecule has 18 heavy (non-hydrogen) atoms. The summed E-state index contributed by atoms with van der Waals surface area (Å²) in [5, 5.41) is 6.53. The van der Waals surface area contributed by atoms with Crippen LogP contribution in [0.4, 0.5) is 0 Å². The summed E-state index contributed by atoms with van der Waals surface area (Å²) < 4.78 is 0. The highest BCUT2D eigenvalue weighted by molar-refractivity contribution is 5.94. The first kappa shape index (κ1) is 13.1. The second-order valence-electron chi connectivity index (χ2n) is 5.28. The molecule has 3 heteroatoms. The number of hydrogen-bond donors (Lipinski definition) is 2. The highest BCUT2D eigenvalue weighted by atomic mass is 16.1. The number of hydrogen-bond acceptors (Lipinski definition) is 2. The fourth-order valence-corrected chi connectivity index (χ4v) is 2.50. The van der Waals surface area contributed by atoms with Gasteiger partial charge >= 0.3 is 0 Å². The van der Waals surface area contributed by atoms with Gasteiger partial charge in [-0.05, 0) is 38.8 Å². The fourth-order valence-electron chi connectivity index (χ4n) is 2.50. The van der Waals surface area contributed by atoms with Crippen molar-refractivity contribution in [1.82, 2.24) is 10.6 Å². The van der Waals surface area contributed by atoms with Crippen molar-refractivity contribution >= 4 is 5.91 Å². The van der Waals surface area contributed by atoms with E-state index < -0.39 is 0 Å². The van der Waals surface area contributed by atoms with Crippen molar-refractivity contribution in [1.29, 1.82) is 0 Å². The Morgan fingerprint density at radius 2 is 2.28 bits per heavy atom. The molecule has 0 radical (unpaired) electrons. The van der Waals surface area contributed by atoms with Gasteiger partial charge in [-0.15, -0.1) is 0 Å². The molecular weight excluding hydrogens is 224 g/mol. The number of nitrogens with one attached hydrogen (secondary N) is 2. The molecule has 1 amide bonds. The van der Waals surface area contributed by atoms with Crippen LogP contribution in [0.3, 0.4) is 0 Å². The lowest BCUT2D eigenvalue weighted by molar-refractivity contribution is 0.0946. The van der Waals surface area contributed by atoms with Crippen molar-refractivity contribution in [3.63, 3.8) is 0 Å². The molecule has 2 N–H and O–H groups in total. The molecule has 1 aromatic carbocycles. The normalized spacial score (nSPS) is 23.7. The smallest absolute Gasteiger partial charge is 0.251 e. The standard InChI is InChI=1S/C15H22N2O/c1-11-5-3-7-13(9-11)15(18)16-10-14-8-4-6-12(2)17-14/h3,5,7,9,12,14,17H,4,6,8,10H2,1-2H3,(H,16,18). The summed E-state index contributed by atoms with van der Waals surface area (Å²) >= 11 is 0. The van der Waals surface area contributed by atoms with E-state index in [1.165, 1.54) is 12.8 Å². The summed E-state index contributed by atoms with van der Waals surface area (Å²) in [7, 11) is 0. The monoisotopic (exact) mass is 246 g/mol. The van der Waals surface area contributed by atoms with Crippen LogP contribution in [0.5, 0.6) is 0 Å². The maximum Gasteiger partial charge on any atom is 0.251 e. The van der Waals surface area contributed by atoms with E-state index in [0.29, 0.717) is 12.1 Å². The Bertz CT molecular complexity index is 417. The molecular formula is C15H22N2O. The Hall–Kier alpha value is -1.35. The van der Waals surface area contributed by atoms with E-state index in [1.54, 1.807) is 0 Å². The van der Waals surface area contributed by atoms with Crippen molar-refractivity contribution in [3.8, 4) is 0 Å². The Balaban J connectivity index is 1.84. The number of carbonyl (C=O) groups excluding carboxylic acids is 1. The topological polar surface area (TPSA) is 41.1 Å². The number of benzene rings is 1. The molecule has 98 valence electrons. The number of amides is 1. The van der Waals surface area contributed by atoms with Crippen LogP contribution in [0.2, 0.25) is 0 Å². The van der Waals surface area contributed by atoms with E-state index >= 15 is 0 Å². The predicted octanol–water partition coefficient (Wildman–Crippen LogP) is 2.26. The Kier molecular flexibility index (Phi) is 4.37. The first-order valence-corrected chi connectivity index (χ1v) is 6.76. The van der Waals surface area contributed by atoms with Gasteiger partial charge in [0.2, 0.25) is 0 Å². The summed E-state index contributed by atoms with van der Waals surface area (Å²) in [5.74, 6) is 0.0266. The van der Waals surface area contributed by atoms with Gasteiger partial charge in [0.25, 0.3) is 5.91 Å². The summed E-state index contributed by atoms with van der Waals surface area (Å²) in [4.78, 5) is 12.0. The van der Waals surface area contributed by atoms with Crippen LogP contribution in [0.25, 0.3) is 0 Å². The second kappa shape index (κ2) is 6.01. The summed E-state index contributed by atoms with van der Waals surface area (Å²) in [5.41, 5.74) is 1.87. The lowest BCUT2D eigenvalue weighted by Gasteiger charge is -2.28. The van der Waals surface area contributed by atoms with Crippen LogP contribution in [0, 0.1) is 6.92 Å². The quantitative estimate of drug-likeness (QED) is 0.859. The molecule has 2 unspecified atom stereocenters. The zero-order chi connectivity index (χ0) is 13.0. The highest BCUT2D eigenvalue weighted by Gasteiger charge is 2.18. The third-order valence-electron chi connectivity index (χ3n) is 3.50. The molecule has 1 heterocycles. The van der Waals surface area contributed by atoms with E-state index in [4.69, 9.17) is 0 Å². The zero-order valence-electron chi connectivity index (χ0n) is 11.2. The van der Waals surface area contributed by atoms with Gasteiger partial charge in [-0.1, -0.05) is 24.1 Å². The van der Waals surface area contributed by atoms with Crippen molar-refractivity contribution in [2.45, 2.75) is 45.2 Å². The van der Waals surface area contributed by atoms with E-state index in [0.717, 1.165) is 24.1 Å². The van der Waals surface area contributed by atoms with Gasteiger partial charge in [-0.25, -0.2) is 0 Å². The van der Waals surface area contributed by atoms with Crippen LogP contribution in [0.15, 0.2) is 24.3 Å². The van der Waals surface area contributed by atoms with Crippen LogP contribution < -0.4 is 10.6 Å².